The van der Waals surface area contributed by atoms with E-state index in [0.717, 1.165) is 36.4 Å². The molecule has 1 N–H and O–H groups in total. The fourth-order valence-corrected chi connectivity index (χ4v) is 2.93. The summed E-state index contributed by atoms with van der Waals surface area (Å²) in [4.78, 5) is 4.36. The molecule has 0 aliphatic carbocycles. The summed E-state index contributed by atoms with van der Waals surface area (Å²) < 4.78 is 10.7. The molecule has 5 nitrogen and oxygen atoms in total. The van der Waals surface area contributed by atoms with Crippen molar-refractivity contribution in [2.45, 2.75) is 39.4 Å². The molecule has 0 radical (unpaired) electrons. The van der Waals surface area contributed by atoms with Gasteiger partial charge in [-0.3, -0.25) is 0 Å². The first kappa shape index (κ1) is 14.2. The Kier molecular flexibility index (Phi) is 4.26. The molecule has 2 aromatic heterocycles. The molecule has 0 unspecified atom stereocenters. The molecule has 0 aliphatic rings. The van der Waals surface area contributed by atoms with Crippen molar-refractivity contribution >= 4 is 22.8 Å². The number of nitrogens with one attached hydrogen (secondary N) is 1. The molecular formula is C15H19N5S. The highest BCUT2D eigenvalue weighted by atomic mass is 32.1. The van der Waals surface area contributed by atoms with Gasteiger partial charge in [0.1, 0.15) is 16.9 Å². The van der Waals surface area contributed by atoms with Gasteiger partial charge in [0.25, 0.3) is 0 Å². The van der Waals surface area contributed by atoms with Crippen LogP contribution >= 0.6 is 11.7 Å². The van der Waals surface area contributed by atoms with E-state index < -0.39 is 0 Å². The number of hydrogen-bond acceptors (Lipinski definition) is 5. The zero-order valence-corrected chi connectivity index (χ0v) is 13.1. The third-order valence-corrected chi connectivity index (χ3v) is 4.12. The van der Waals surface area contributed by atoms with Crippen LogP contribution in [-0.4, -0.2) is 24.3 Å². The first-order valence-corrected chi connectivity index (χ1v) is 7.94. The van der Waals surface area contributed by atoms with Crippen molar-refractivity contribution in [2.24, 2.45) is 0 Å². The molecule has 3 rings (SSSR count). The minimum Gasteiger partial charge on any atom is -0.333 e. The van der Waals surface area contributed by atoms with Crippen LogP contribution in [0.2, 0.25) is 0 Å². The van der Waals surface area contributed by atoms with Gasteiger partial charge in [-0.05, 0) is 24.6 Å². The molecule has 1 atom stereocenters. The van der Waals surface area contributed by atoms with E-state index >= 15 is 0 Å². The summed E-state index contributed by atoms with van der Waals surface area (Å²) in [5.41, 5.74) is 3.20. The molecule has 0 bridgehead atoms. The highest BCUT2D eigenvalue weighted by molar-refractivity contribution is 7.00. The molecule has 6 heteroatoms. The predicted molar refractivity (Wildman–Crippen MR) is 85.3 cm³/mol. The first-order chi connectivity index (χ1) is 10.3. The fraction of sp³-hybridized carbons (Fsp3) is 0.400. The number of imidazole rings is 1. The van der Waals surface area contributed by atoms with Gasteiger partial charge in [0.15, 0.2) is 0 Å². The van der Waals surface area contributed by atoms with Gasteiger partial charge in [0.2, 0.25) is 0 Å². The zero-order chi connectivity index (χ0) is 14.7. The van der Waals surface area contributed by atoms with Crippen LogP contribution in [-0.2, 0) is 19.5 Å². The van der Waals surface area contributed by atoms with E-state index in [0.29, 0.717) is 6.04 Å². The normalized spacial score (nSPS) is 12.9. The third-order valence-electron chi connectivity index (χ3n) is 3.56. The smallest absolute Gasteiger partial charge is 0.108 e. The Labute approximate surface area is 128 Å². The minimum atomic E-state index is 0.383. The van der Waals surface area contributed by atoms with E-state index in [9.17, 15) is 0 Å². The number of aromatic nitrogens is 4. The van der Waals surface area contributed by atoms with Gasteiger partial charge in [0.05, 0.1) is 11.7 Å². The highest BCUT2D eigenvalue weighted by Gasteiger charge is 2.07. The van der Waals surface area contributed by atoms with Crippen molar-refractivity contribution < 1.29 is 0 Å². The van der Waals surface area contributed by atoms with Crippen molar-refractivity contribution in [3.05, 3.63) is 42.0 Å². The van der Waals surface area contributed by atoms with Crippen LogP contribution < -0.4 is 5.32 Å². The van der Waals surface area contributed by atoms with E-state index in [1.54, 1.807) is 0 Å². The average Bonchev–Trinajstić information content (AvgIpc) is 3.12. The van der Waals surface area contributed by atoms with Crippen LogP contribution in [0.15, 0.2) is 30.6 Å². The largest absolute Gasteiger partial charge is 0.333 e. The second-order valence-corrected chi connectivity index (χ2v) is 5.75. The lowest BCUT2D eigenvalue weighted by Crippen LogP contribution is -2.30. The van der Waals surface area contributed by atoms with Crippen LogP contribution in [0.1, 0.15) is 25.2 Å². The maximum absolute atomic E-state index is 4.36. The highest BCUT2D eigenvalue weighted by Crippen LogP contribution is 2.13. The number of aryl methyl sites for hydroxylation is 1. The summed E-state index contributed by atoms with van der Waals surface area (Å²) in [6.45, 7) is 6.10. The summed E-state index contributed by atoms with van der Waals surface area (Å²) in [6, 6.07) is 6.63. The van der Waals surface area contributed by atoms with E-state index in [1.165, 1.54) is 17.3 Å². The second-order valence-electron chi connectivity index (χ2n) is 5.22. The lowest BCUT2D eigenvalue weighted by molar-refractivity contribution is 0.468. The summed E-state index contributed by atoms with van der Waals surface area (Å²) in [7, 11) is 0. The number of hydrogen-bond donors (Lipinski definition) is 1. The van der Waals surface area contributed by atoms with E-state index in [2.05, 4.69) is 49.6 Å². The molecule has 0 amide bonds. The molecule has 0 saturated carbocycles. The summed E-state index contributed by atoms with van der Waals surface area (Å²) in [6.07, 6.45) is 4.88. The molecule has 3 aromatic rings. The third kappa shape index (κ3) is 3.28. The van der Waals surface area contributed by atoms with Crippen LogP contribution in [0.25, 0.3) is 11.0 Å². The van der Waals surface area contributed by atoms with Crippen LogP contribution in [0.5, 0.6) is 0 Å². The molecule has 1 aromatic carbocycles. The Morgan fingerprint density at radius 1 is 1.29 bits per heavy atom. The van der Waals surface area contributed by atoms with Crippen molar-refractivity contribution in [3.63, 3.8) is 0 Å². The van der Waals surface area contributed by atoms with E-state index in [1.807, 2.05) is 18.5 Å². The van der Waals surface area contributed by atoms with Crippen LogP contribution in [0.4, 0.5) is 0 Å². The van der Waals surface area contributed by atoms with Crippen molar-refractivity contribution in [3.8, 4) is 0 Å². The Bertz CT molecular complexity index is 718. The molecule has 0 saturated heterocycles. The van der Waals surface area contributed by atoms with Gasteiger partial charge in [0, 0.05) is 37.9 Å². The van der Waals surface area contributed by atoms with E-state index in [4.69, 9.17) is 0 Å². The topological polar surface area (TPSA) is 55.6 Å². The van der Waals surface area contributed by atoms with Crippen molar-refractivity contribution in [2.75, 3.05) is 0 Å². The maximum Gasteiger partial charge on any atom is 0.108 e. The van der Waals surface area contributed by atoms with Gasteiger partial charge in [-0.2, -0.15) is 8.75 Å². The molecule has 2 heterocycles. The maximum atomic E-state index is 4.36. The van der Waals surface area contributed by atoms with Gasteiger partial charge in [-0.15, -0.1) is 0 Å². The van der Waals surface area contributed by atoms with E-state index in [-0.39, 0.29) is 0 Å². The van der Waals surface area contributed by atoms with Crippen molar-refractivity contribution in [1.29, 1.82) is 0 Å². The Morgan fingerprint density at radius 2 is 2.14 bits per heavy atom. The molecular weight excluding hydrogens is 282 g/mol. The van der Waals surface area contributed by atoms with Crippen molar-refractivity contribution in [1.82, 2.24) is 23.6 Å². The first-order valence-electron chi connectivity index (χ1n) is 7.21. The molecule has 110 valence electrons. The lowest BCUT2D eigenvalue weighted by atomic mass is 10.2. The Hall–Kier alpha value is -1.79. The number of rotatable bonds is 6. The second kappa shape index (κ2) is 6.32. The quantitative estimate of drug-likeness (QED) is 0.760. The van der Waals surface area contributed by atoms with Gasteiger partial charge in [-0.1, -0.05) is 13.0 Å². The standard InChI is InChI=1S/C15H19N5S/c1-3-15-16-6-7-20(15)10-11(2)17-9-12-4-5-13-14(8-12)19-21-18-13/h4-8,11,17H,3,9-10H2,1-2H3/t11-/m0/s1. The van der Waals surface area contributed by atoms with Crippen LogP contribution in [0, 0.1) is 0 Å². The van der Waals surface area contributed by atoms with Gasteiger partial charge < -0.3 is 9.88 Å². The minimum absolute atomic E-state index is 0.383. The van der Waals surface area contributed by atoms with Gasteiger partial charge in [-0.25, -0.2) is 4.98 Å². The summed E-state index contributed by atoms with van der Waals surface area (Å²) in [5, 5.41) is 3.55. The predicted octanol–water partition coefficient (Wildman–Crippen LogP) is 2.63. The number of benzene rings is 1. The molecule has 0 aliphatic heterocycles. The monoisotopic (exact) mass is 301 g/mol. The summed E-state index contributed by atoms with van der Waals surface area (Å²) in [5.74, 6) is 1.14. The average molecular weight is 301 g/mol. The van der Waals surface area contributed by atoms with Gasteiger partial charge >= 0.3 is 0 Å². The van der Waals surface area contributed by atoms with Crippen LogP contribution in [0.3, 0.4) is 0 Å². The molecule has 0 fully saturated rings. The summed E-state index contributed by atoms with van der Waals surface area (Å²) >= 11 is 1.26. The Morgan fingerprint density at radius 3 is 3.00 bits per heavy atom. The molecule has 21 heavy (non-hydrogen) atoms. The number of fused-ring (bicyclic) bond motifs is 1. The molecule has 0 spiro atoms. The zero-order valence-electron chi connectivity index (χ0n) is 12.3. The SMILES string of the molecule is CCc1nccn1C[C@H](C)NCc1ccc2nsnc2c1. The Balaban J connectivity index is 1.59. The fourth-order valence-electron chi connectivity index (χ4n) is 2.41. The number of nitrogens with zero attached hydrogens (tertiary/aromatic N) is 4. The lowest BCUT2D eigenvalue weighted by Gasteiger charge is -2.16.